The minimum atomic E-state index is -0.129. The number of aliphatic hydroxyl groups is 1. The zero-order chi connectivity index (χ0) is 15.4. The SMILES string of the molecule is CCNC(=NCc1cn2ccsc2n1)NC1CCC(O)CC1. The topological polar surface area (TPSA) is 74.0 Å². The van der Waals surface area contributed by atoms with Gasteiger partial charge in [-0.2, -0.15) is 0 Å². The molecular weight excluding hydrogens is 298 g/mol. The first-order chi connectivity index (χ1) is 10.7. The average molecular weight is 321 g/mol. The average Bonchev–Trinajstić information content (AvgIpc) is 3.08. The zero-order valence-corrected chi connectivity index (χ0v) is 13.6. The summed E-state index contributed by atoms with van der Waals surface area (Å²) in [5.74, 6) is 0.834. The van der Waals surface area contributed by atoms with Crippen LogP contribution in [0, 0.1) is 0 Å². The zero-order valence-electron chi connectivity index (χ0n) is 12.8. The number of nitrogens with zero attached hydrogens (tertiary/aromatic N) is 3. The Hall–Kier alpha value is -1.60. The molecular formula is C15H23N5OS. The second-order valence-corrected chi connectivity index (χ2v) is 6.54. The van der Waals surface area contributed by atoms with Gasteiger partial charge in [0.05, 0.1) is 18.3 Å². The lowest BCUT2D eigenvalue weighted by atomic mass is 9.93. The Labute approximate surface area is 134 Å². The highest BCUT2D eigenvalue weighted by Gasteiger charge is 2.19. The molecule has 1 aliphatic carbocycles. The number of guanidine groups is 1. The second kappa shape index (κ2) is 7.11. The number of hydrogen-bond acceptors (Lipinski definition) is 4. The minimum Gasteiger partial charge on any atom is -0.393 e. The molecule has 0 amide bonds. The van der Waals surface area contributed by atoms with E-state index in [-0.39, 0.29) is 6.10 Å². The summed E-state index contributed by atoms with van der Waals surface area (Å²) in [5, 5.41) is 18.4. The van der Waals surface area contributed by atoms with E-state index in [2.05, 4.69) is 27.5 Å². The predicted octanol–water partition coefficient (Wildman–Crippen LogP) is 1.75. The molecule has 2 aromatic heterocycles. The van der Waals surface area contributed by atoms with Gasteiger partial charge in [-0.05, 0) is 32.6 Å². The van der Waals surface area contributed by atoms with E-state index in [9.17, 15) is 5.11 Å². The maximum Gasteiger partial charge on any atom is 0.193 e. The smallest absolute Gasteiger partial charge is 0.193 e. The van der Waals surface area contributed by atoms with Gasteiger partial charge in [0.1, 0.15) is 0 Å². The van der Waals surface area contributed by atoms with Crippen LogP contribution in [0.2, 0.25) is 0 Å². The van der Waals surface area contributed by atoms with Crippen LogP contribution in [0.1, 0.15) is 38.3 Å². The lowest BCUT2D eigenvalue weighted by Crippen LogP contribution is -2.45. The molecule has 0 saturated heterocycles. The van der Waals surface area contributed by atoms with Crippen LogP contribution in [0.15, 0.2) is 22.8 Å². The Morgan fingerprint density at radius 2 is 2.27 bits per heavy atom. The number of aliphatic hydroxyl groups excluding tert-OH is 1. The van der Waals surface area contributed by atoms with Crippen LogP contribution in [-0.4, -0.2) is 39.1 Å². The van der Waals surface area contributed by atoms with Gasteiger partial charge < -0.3 is 15.7 Å². The summed E-state index contributed by atoms with van der Waals surface area (Å²) >= 11 is 1.63. The first-order valence-electron chi connectivity index (χ1n) is 7.88. The van der Waals surface area contributed by atoms with Gasteiger partial charge >= 0.3 is 0 Å². The first kappa shape index (κ1) is 15.3. The number of imidazole rings is 1. The third kappa shape index (κ3) is 3.78. The van der Waals surface area contributed by atoms with E-state index in [0.29, 0.717) is 12.6 Å². The Morgan fingerprint density at radius 3 is 3.00 bits per heavy atom. The molecule has 3 N–H and O–H groups in total. The summed E-state index contributed by atoms with van der Waals surface area (Å²) in [7, 11) is 0. The molecule has 1 aliphatic rings. The van der Waals surface area contributed by atoms with Crippen LogP contribution >= 0.6 is 11.3 Å². The van der Waals surface area contributed by atoms with E-state index in [0.717, 1.165) is 48.8 Å². The molecule has 22 heavy (non-hydrogen) atoms. The number of rotatable bonds is 4. The monoisotopic (exact) mass is 321 g/mol. The normalized spacial score (nSPS) is 22.9. The van der Waals surface area contributed by atoms with Crippen molar-refractivity contribution in [3.05, 3.63) is 23.5 Å². The Morgan fingerprint density at radius 1 is 1.45 bits per heavy atom. The highest BCUT2D eigenvalue weighted by Crippen LogP contribution is 2.18. The fraction of sp³-hybridized carbons (Fsp3) is 0.600. The maximum absolute atomic E-state index is 9.58. The number of thiazole rings is 1. The quantitative estimate of drug-likeness (QED) is 0.592. The van der Waals surface area contributed by atoms with Gasteiger partial charge in [-0.25, -0.2) is 9.98 Å². The maximum atomic E-state index is 9.58. The van der Waals surface area contributed by atoms with Crippen LogP contribution in [-0.2, 0) is 6.54 Å². The van der Waals surface area contributed by atoms with Crippen LogP contribution in [0.5, 0.6) is 0 Å². The molecule has 7 heteroatoms. The molecule has 0 radical (unpaired) electrons. The van der Waals surface area contributed by atoms with E-state index in [1.807, 2.05) is 22.2 Å². The van der Waals surface area contributed by atoms with Gasteiger partial charge in [0.15, 0.2) is 10.9 Å². The molecule has 0 aliphatic heterocycles. The van der Waals surface area contributed by atoms with Crippen molar-refractivity contribution in [1.29, 1.82) is 0 Å². The van der Waals surface area contributed by atoms with Crippen molar-refractivity contribution in [3.63, 3.8) is 0 Å². The van der Waals surface area contributed by atoms with Gasteiger partial charge in [0, 0.05) is 30.4 Å². The highest BCUT2D eigenvalue weighted by molar-refractivity contribution is 7.15. The molecule has 1 saturated carbocycles. The fourth-order valence-electron chi connectivity index (χ4n) is 2.75. The number of fused-ring (bicyclic) bond motifs is 1. The highest BCUT2D eigenvalue weighted by atomic mass is 32.1. The number of aromatic nitrogens is 2. The van der Waals surface area contributed by atoms with Gasteiger partial charge in [0.2, 0.25) is 0 Å². The third-order valence-electron chi connectivity index (χ3n) is 3.92. The van der Waals surface area contributed by atoms with E-state index in [1.165, 1.54) is 0 Å². The Kier molecular flexibility index (Phi) is 4.94. The van der Waals surface area contributed by atoms with Crippen molar-refractivity contribution in [2.75, 3.05) is 6.54 Å². The Bertz CT molecular complexity index is 598. The van der Waals surface area contributed by atoms with E-state index < -0.39 is 0 Å². The molecule has 0 atom stereocenters. The number of hydrogen-bond donors (Lipinski definition) is 3. The van der Waals surface area contributed by atoms with Crippen molar-refractivity contribution in [2.24, 2.45) is 4.99 Å². The van der Waals surface area contributed by atoms with Crippen molar-refractivity contribution < 1.29 is 5.11 Å². The predicted molar refractivity (Wildman–Crippen MR) is 89.3 cm³/mol. The summed E-state index contributed by atoms with van der Waals surface area (Å²) < 4.78 is 2.03. The van der Waals surface area contributed by atoms with Crippen molar-refractivity contribution in [2.45, 2.75) is 51.3 Å². The van der Waals surface area contributed by atoms with Crippen molar-refractivity contribution >= 4 is 22.3 Å². The number of nitrogens with one attached hydrogen (secondary N) is 2. The van der Waals surface area contributed by atoms with Crippen LogP contribution in [0.3, 0.4) is 0 Å². The van der Waals surface area contributed by atoms with E-state index in [1.54, 1.807) is 11.3 Å². The molecule has 1 fully saturated rings. The van der Waals surface area contributed by atoms with Crippen LogP contribution in [0.4, 0.5) is 0 Å². The summed E-state index contributed by atoms with van der Waals surface area (Å²) in [6.07, 6.45) is 7.63. The van der Waals surface area contributed by atoms with Crippen molar-refractivity contribution in [3.8, 4) is 0 Å². The third-order valence-corrected chi connectivity index (χ3v) is 4.69. The minimum absolute atomic E-state index is 0.129. The first-order valence-corrected chi connectivity index (χ1v) is 8.76. The Balaban J connectivity index is 1.60. The van der Waals surface area contributed by atoms with E-state index >= 15 is 0 Å². The van der Waals surface area contributed by atoms with Crippen LogP contribution in [0.25, 0.3) is 4.96 Å². The molecule has 2 heterocycles. The largest absolute Gasteiger partial charge is 0.393 e. The molecule has 0 bridgehead atoms. The molecule has 0 unspecified atom stereocenters. The number of aliphatic imine (C=N–C) groups is 1. The molecule has 0 spiro atoms. The second-order valence-electron chi connectivity index (χ2n) is 5.67. The lowest BCUT2D eigenvalue weighted by Gasteiger charge is -2.27. The van der Waals surface area contributed by atoms with Crippen molar-refractivity contribution in [1.82, 2.24) is 20.0 Å². The molecule has 6 nitrogen and oxygen atoms in total. The molecule has 3 rings (SSSR count). The fourth-order valence-corrected chi connectivity index (χ4v) is 3.46. The summed E-state index contributed by atoms with van der Waals surface area (Å²) in [6, 6.07) is 0.395. The summed E-state index contributed by atoms with van der Waals surface area (Å²) in [6.45, 7) is 3.47. The molecule has 0 aromatic carbocycles. The van der Waals surface area contributed by atoms with Gasteiger partial charge in [-0.15, -0.1) is 11.3 Å². The standard InChI is InChI=1S/C15H23N5OS/c1-2-16-14(18-11-3-5-13(21)6-4-11)17-9-12-10-20-7-8-22-15(20)19-12/h7-8,10-11,13,21H,2-6,9H2,1H3,(H2,16,17,18). The van der Waals surface area contributed by atoms with E-state index in [4.69, 9.17) is 0 Å². The van der Waals surface area contributed by atoms with Gasteiger partial charge in [-0.1, -0.05) is 0 Å². The summed E-state index contributed by atoms with van der Waals surface area (Å²) in [4.78, 5) is 10.2. The summed E-state index contributed by atoms with van der Waals surface area (Å²) in [5.41, 5.74) is 0.975. The van der Waals surface area contributed by atoms with Gasteiger partial charge in [-0.3, -0.25) is 4.40 Å². The van der Waals surface area contributed by atoms with Gasteiger partial charge in [0.25, 0.3) is 0 Å². The molecule has 120 valence electrons. The van der Waals surface area contributed by atoms with Crippen LogP contribution < -0.4 is 10.6 Å². The molecule has 2 aromatic rings. The lowest BCUT2D eigenvalue weighted by molar-refractivity contribution is 0.120.